The standard InChI is InChI=1S/C25H22FN3OS/c26-20-12-7-13-21-23(20)27-25(31-21)29-16-14-28(15-17-29)24(30)22(18-8-3-1-4-9-18)19-10-5-2-6-11-19/h1-13,22H,14-17H2. The topological polar surface area (TPSA) is 36.4 Å². The molecule has 1 aromatic heterocycles. The van der Waals surface area contributed by atoms with Gasteiger partial charge in [-0.3, -0.25) is 4.79 Å². The molecule has 1 saturated heterocycles. The van der Waals surface area contributed by atoms with Gasteiger partial charge in [-0.05, 0) is 23.3 Å². The summed E-state index contributed by atoms with van der Waals surface area (Å²) in [6, 6.07) is 24.9. The van der Waals surface area contributed by atoms with Crippen LogP contribution in [0.1, 0.15) is 17.0 Å². The molecule has 0 saturated carbocycles. The number of benzene rings is 3. The van der Waals surface area contributed by atoms with Gasteiger partial charge in [0.2, 0.25) is 5.91 Å². The predicted molar refractivity (Wildman–Crippen MR) is 123 cm³/mol. The van der Waals surface area contributed by atoms with E-state index in [1.54, 1.807) is 6.07 Å². The summed E-state index contributed by atoms with van der Waals surface area (Å²) in [5, 5.41) is 0.815. The van der Waals surface area contributed by atoms with E-state index in [1.807, 2.05) is 71.6 Å². The molecule has 0 spiro atoms. The van der Waals surface area contributed by atoms with E-state index < -0.39 is 0 Å². The fourth-order valence-electron chi connectivity index (χ4n) is 4.11. The fraction of sp³-hybridized carbons (Fsp3) is 0.200. The average molecular weight is 432 g/mol. The van der Waals surface area contributed by atoms with E-state index in [0.29, 0.717) is 31.7 Å². The number of rotatable bonds is 4. The van der Waals surface area contributed by atoms with E-state index in [4.69, 9.17) is 0 Å². The van der Waals surface area contributed by atoms with Crippen molar-refractivity contribution >= 4 is 32.6 Å². The van der Waals surface area contributed by atoms with E-state index >= 15 is 0 Å². The molecule has 1 amide bonds. The van der Waals surface area contributed by atoms with Crippen LogP contribution in [0.3, 0.4) is 0 Å². The van der Waals surface area contributed by atoms with Crippen molar-refractivity contribution in [3.8, 4) is 0 Å². The fourth-order valence-corrected chi connectivity index (χ4v) is 5.14. The first-order chi connectivity index (χ1) is 15.2. The van der Waals surface area contributed by atoms with Gasteiger partial charge in [-0.2, -0.15) is 0 Å². The van der Waals surface area contributed by atoms with Crippen LogP contribution in [0.2, 0.25) is 0 Å². The Hall–Kier alpha value is -3.25. The lowest BCUT2D eigenvalue weighted by atomic mass is 9.90. The van der Waals surface area contributed by atoms with Gasteiger partial charge in [0.25, 0.3) is 0 Å². The summed E-state index contributed by atoms with van der Waals surface area (Å²) in [7, 11) is 0. The van der Waals surface area contributed by atoms with Gasteiger partial charge < -0.3 is 9.80 Å². The number of piperazine rings is 1. The lowest BCUT2D eigenvalue weighted by Gasteiger charge is -2.36. The van der Waals surface area contributed by atoms with Crippen molar-refractivity contribution in [1.82, 2.24) is 9.88 Å². The van der Waals surface area contributed by atoms with Crippen LogP contribution in [-0.4, -0.2) is 42.0 Å². The number of thiazole rings is 1. The third kappa shape index (κ3) is 3.91. The van der Waals surface area contributed by atoms with E-state index in [9.17, 15) is 9.18 Å². The summed E-state index contributed by atoms with van der Waals surface area (Å²) in [5.41, 5.74) is 2.43. The number of amides is 1. The van der Waals surface area contributed by atoms with Gasteiger partial charge in [0, 0.05) is 26.2 Å². The Bertz CT molecular complexity index is 1150. The Kier molecular flexibility index (Phi) is 5.38. The second kappa shape index (κ2) is 8.47. The molecule has 0 aliphatic carbocycles. The van der Waals surface area contributed by atoms with Gasteiger partial charge in [-0.1, -0.05) is 78.1 Å². The van der Waals surface area contributed by atoms with E-state index in [2.05, 4.69) is 9.88 Å². The second-order valence-corrected chi connectivity index (χ2v) is 8.66. The number of hydrogen-bond donors (Lipinski definition) is 0. The van der Waals surface area contributed by atoms with E-state index in [-0.39, 0.29) is 17.6 Å². The average Bonchev–Trinajstić information content (AvgIpc) is 3.27. The van der Waals surface area contributed by atoms with Crippen molar-refractivity contribution in [3.63, 3.8) is 0 Å². The van der Waals surface area contributed by atoms with Gasteiger partial charge in [0.15, 0.2) is 5.13 Å². The normalized spacial score (nSPS) is 14.4. The van der Waals surface area contributed by atoms with Crippen molar-refractivity contribution in [3.05, 3.63) is 95.8 Å². The highest BCUT2D eigenvalue weighted by atomic mass is 32.1. The lowest BCUT2D eigenvalue weighted by Crippen LogP contribution is -2.50. The number of fused-ring (bicyclic) bond motifs is 1. The molecular weight excluding hydrogens is 409 g/mol. The largest absolute Gasteiger partial charge is 0.345 e. The Morgan fingerprint density at radius 3 is 2.03 bits per heavy atom. The Labute approximate surface area is 184 Å². The minimum absolute atomic E-state index is 0.118. The molecular formula is C25H22FN3OS. The molecule has 1 aliphatic rings. The second-order valence-electron chi connectivity index (χ2n) is 7.65. The minimum Gasteiger partial charge on any atom is -0.345 e. The Morgan fingerprint density at radius 2 is 1.45 bits per heavy atom. The molecule has 0 N–H and O–H groups in total. The highest BCUT2D eigenvalue weighted by molar-refractivity contribution is 7.22. The van der Waals surface area contributed by atoms with Crippen LogP contribution >= 0.6 is 11.3 Å². The number of halogens is 1. The molecule has 5 rings (SSSR count). The van der Waals surface area contributed by atoms with Crippen LogP contribution in [0.5, 0.6) is 0 Å². The zero-order chi connectivity index (χ0) is 21.2. The van der Waals surface area contributed by atoms with Crippen LogP contribution in [0, 0.1) is 5.82 Å². The minimum atomic E-state index is -0.314. The first-order valence-electron chi connectivity index (χ1n) is 10.4. The maximum Gasteiger partial charge on any atom is 0.234 e. The van der Waals surface area contributed by atoms with E-state index in [1.165, 1.54) is 17.4 Å². The predicted octanol–water partition coefficient (Wildman–Crippen LogP) is 4.92. The number of anilines is 1. The molecule has 4 aromatic rings. The third-order valence-electron chi connectivity index (χ3n) is 5.73. The van der Waals surface area contributed by atoms with Crippen molar-refractivity contribution in [1.29, 1.82) is 0 Å². The van der Waals surface area contributed by atoms with Gasteiger partial charge in [0.05, 0.1) is 10.6 Å². The van der Waals surface area contributed by atoms with Gasteiger partial charge in [0.1, 0.15) is 11.3 Å². The SMILES string of the molecule is O=C(C(c1ccccc1)c1ccccc1)N1CCN(c2nc3c(F)cccc3s2)CC1. The summed E-state index contributed by atoms with van der Waals surface area (Å²) >= 11 is 1.50. The number of hydrogen-bond acceptors (Lipinski definition) is 4. The third-order valence-corrected chi connectivity index (χ3v) is 6.81. The zero-order valence-corrected chi connectivity index (χ0v) is 17.8. The zero-order valence-electron chi connectivity index (χ0n) is 16.9. The lowest BCUT2D eigenvalue weighted by molar-refractivity contribution is -0.132. The van der Waals surface area contributed by atoms with Crippen molar-refractivity contribution < 1.29 is 9.18 Å². The summed E-state index contributed by atoms with van der Waals surface area (Å²) < 4.78 is 14.9. The summed E-state index contributed by atoms with van der Waals surface area (Å²) in [4.78, 5) is 22.2. The monoisotopic (exact) mass is 431 g/mol. The van der Waals surface area contributed by atoms with Crippen LogP contribution < -0.4 is 4.90 Å². The highest BCUT2D eigenvalue weighted by Gasteiger charge is 2.30. The molecule has 0 atom stereocenters. The number of carbonyl (C=O) groups excluding carboxylic acids is 1. The first-order valence-corrected chi connectivity index (χ1v) is 11.2. The van der Waals surface area contributed by atoms with Crippen LogP contribution in [0.25, 0.3) is 10.2 Å². The molecule has 31 heavy (non-hydrogen) atoms. The molecule has 0 unspecified atom stereocenters. The Balaban J connectivity index is 1.35. The molecule has 3 aromatic carbocycles. The molecule has 2 heterocycles. The smallest absolute Gasteiger partial charge is 0.234 e. The van der Waals surface area contributed by atoms with Crippen molar-refractivity contribution in [2.24, 2.45) is 0 Å². The van der Waals surface area contributed by atoms with Gasteiger partial charge >= 0.3 is 0 Å². The van der Waals surface area contributed by atoms with Crippen LogP contribution in [0.4, 0.5) is 9.52 Å². The van der Waals surface area contributed by atoms with Crippen molar-refractivity contribution in [2.45, 2.75) is 5.92 Å². The van der Waals surface area contributed by atoms with E-state index in [0.717, 1.165) is 21.0 Å². The van der Waals surface area contributed by atoms with Crippen molar-refractivity contribution in [2.75, 3.05) is 31.1 Å². The molecule has 1 aliphatic heterocycles. The molecule has 1 fully saturated rings. The summed E-state index contributed by atoms with van der Waals surface area (Å²) in [6.45, 7) is 2.60. The number of para-hydroxylation sites is 1. The number of aromatic nitrogens is 1. The Morgan fingerprint density at radius 1 is 0.839 bits per heavy atom. The molecule has 0 bridgehead atoms. The maximum atomic E-state index is 14.0. The van der Waals surface area contributed by atoms with Crippen LogP contribution in [-0.2, 0) is 4.79 Å². The highest BCUT2D eigenvalue weighted by Crippen LogP contribution is 2.32. The van der Waals surface area contributed by atoms with Gasteiger partial charge in [-0.15, -0.1) is 0 Å². The van der Waals surface area contributed by atoms with Gasteiger partial charge in [-0.25, -0.2) is 9.37 Å². The quantitative estimate of drug-likeness (QED) is 0.460. The summed E-state index contributed by atoms with van der Waals surface area (Å²) in [5.74, 6) is -0.486. The number of nitrogens with zero attached hydrogens (tertiary/aromatic N) is 3. The molecule has 156 valence electrons. The number of carbonyl (C=O) groups is 1. The summed E-state index contributed by atoms with van der Waals surface area (Å²) in [6.07, 6.45) is 0. The molecule has 6 heteroatoms. The first kappa shape index (κ1) is 19.7. The van der Waals surface area contributed by atoms with Crippen LogP contribution in [0.15, 0.2) is 78.9 Å². The molecule has 0 radical (unpaired) electrons. The molecule has 4 nitrogen and oxygen atoms in total. The maximum absolute atomic E-state index is 14.0.